The lowest BCUT2D eigenvalue weighted by Crippen LogP contribution is -2.51. The minimum atomic E-state index is 0.152. The summed E-state index contributed by atoms with van der Waals surface area (Å²) in [4.78, 5) is 5.57. The summed E-state index contributed by atoms with van der Waals surface area (Å²) < 4.78 is 0. The fourth-order valence-corrected chi connectivity index (χ4v) is 5.94. The largest absolute Gasteiger partial charge is 0.300 e. The summed E-state index contributed by atoms with van der Waals surface area (Å²) in [6, 6.07) is 9.52. The second-order valence-corrected chi connectivity index (χ2v) is 9.66. The highest BCUT2D eigenvalue weighted by Gasteiger charge is 2.43. The van der Waals surface area contributed by atoms with E-state index in [0.717, 1.165) is 30.1 Å². The number of rotatable bonds is 9. The van der Waals surface area contributed by atoms with Crippen LogP contribution in [-0.4, -0.2) is 42.0 Å². The monoisotopic (exact) mass is 416 g/mol. The number of allylic oxidation sites excluding steroid dienone is 1. The molecular formula is C26H41ClN2. The molecule has 0 aromatic heterocycles. The Morgan fingerprint density at radius 2 is 1.83 bits per heavy atom. The van der Waals surface area contributed by atoms with Crippen LogP contribution < -0.4 is 0 Å². The average Bonchev–Trinajstić information content (AvgIpc) is 3.20. The minimum absolute atomic E-state index is 0.152. The molecule has 0 bridgehead atoms. The van der Waals surface area contributed by atoms with E-state index < -0.39 is 0 Å². The third-order valence-corrected chi connectivity index (χ3v) is 7.61. The second-order valence-electron chi connectivity index (χ2n) is 9.22. The van der Waals surface area contributed by atoms with Gasteiger partial charge in [-0.25, -0.2) is 0 Å². The van der Waals surface area contributed by atoms with Crippen molar-refractivity contribution in [2.45, 2.75) is 83.7 Å². The van der Waals surface area contributed by atoms with Crippen LogP contribution in [0.2, 0.25) is 5.02 Å². The van der Waals surface area contributed by atoms with Crippen molar-refractivity contribution in [2.24, 2.45) is 5.92 Å². The molecule has 1 aromatic rings. The molecule has 1 aromatic carbocycles. The maximum absolute atomic E-state index is 6.24. The van der Waals surface area contributed by atoms with E-state index in [1.54, 1.807) is 0 Å². The number of halogens is 1. The quantitative estimate of drug-likeness (QED) is 0.404. The molecule has 0 N–H and O–H groups in total. The van der Waals surface area contributed by atoms with Gasteiger partial charge in [-0.3, -0.25) is 4.90 Å². The smallest absolute Gasteiger partial charge is 0.0465 e. The van der Waals surface area contributed by atoms with Crippen molar-refractivity contribution in [3.63, 3.8) is 0 Å². The summed E-state index contributed by atoms with van der Waals surface area (Å²) in [7, 11) is 0. The summed E-state index contributed by atoms with van der Waals surface area (Å²) in [6.07, 6.45) is 15.0. The van der Waals surface area contributed by atoms with E-state index in [4.69, 9.17) is 11.6 Å². The Labute approximate surface area is 184 Å². The molecule has 2 fully saturated rings. The predicted molar refractivity (Wildman–Crippen MR) is 127 cm³/mol. The van der Waals surface area contributed by atoms with Gasteiger partial charge in [0.25, 0.3) is 0 Å². The van der Waals surface area contributed by atoms with Crippen molar-refractivity contribution in [1.29, 1.82) is 0 Å². The van der Waals surface area contributed by atoms with E-state index in [-0.39, 0.29) is 5.54 Å². The zero-order valence-corrected chi connectivity index (χ0v) is 19.6. The number of hydrogen-bond acceptors (Lipinski definition) is 2. The van der Waals surface area contributed by atoms with Crippen LogP contribution in [0.25, 0.3) is 0 Å². The fourth-order valence-electron chi connectivity index (χ4n) is 5.81. The normalized spacial score (nSPS) is 28.6. The molecule has 3 rings (SSSR count). The molecule has 2 nitrogen and oxygen atoms in total. The van der Waals surface area contributed by atoms with Gasteiger partial charge in [0.15, 0.2) is 0 Å². The van der Waals surface area contributed by atoms with E-state index in [2.05, 4.69) is 67.0 Å². The number of hydrogen-bond donors (Lipinski definition) is 0. The van der Waals surface area contributed by atoms with Crippen molar-refractivity contribution in [3.05, 3.63) is 47.0 Å². The Morgan fingerprint density at radius 1 is 1.10 bits per heavy atom. The number of nitrogens with zero attached hydrogens (tertiary/aromatic N) is 2. The zero-order valence-electron chi connectivity index (χ0n) is 18.9. The van der Waals surface area contributed by atoms with Gasteiger partial charge < -0.3 is 4.90 Å². The summed E-state index contributed by atoms with van der Waals surface area (Å²) >= 11 is 6.24. The van der Waals surface area contributed by atoms with Gasteiger partial charge in [-0.2, -0.15) is 0 Å². The summed E-state index contributed by atoms with van der Waals surface area (Å²) in [6.45, 7) is 11.6. The van der Waals surface area contributed by atoms with Crippen LogP contribution in [0.3, 0.4) is 0 Å². The van der Waals surface area contributed by atoms with Gasteiger partial charge in [-0.15, -0.1) is 0 Å². The zero-order chi connectivity index (χ0) is 20.7. The average molecular weight is 417 g/mol. The molecule has 2 aliphatic rings. The Balaban J connectivity index is 1.77. The molecule has 29 heavy (non-hydrogen) atoms. The van der Waals surface area contributed by atoms with Crippen LogP contribution in [0, 0.1) is 5.92 Å². The lowest BCUT2D eigenvalue weighted by molar-refractivity contribution is 0.0275. The highest BCUT2D eigenvalue weighted by molar-refractivity contribution is 6.30. The van der Waals surface area contributed by atoms with E-state index in [1.807, 2.05) is 0 Å². The first-order chi connectivity index (χ1) is 14.1. The highest BCUT2D eigenvalue weighted by Crippen LogP contribution is 2.44. The first-order valence-corrected chi connectivity index (χ1v) is 12.4. The highest BCUT2D eigenvalue weighted by atomic mass is 35.5. The topological polar surface area (TPSA) is 6.48 Å². The van der Waals surface area contributed by atoms with Crippen molar-refractivity contribution in [1.82, 2.24) is 9.80 Å². The molecule has 0 spiro atoms. The van der Waals surface area contributed by atoms with Crippen LogP contribution in [0.5, 0.6) is 0 Å². The molecule has 1 unspecified atom stereocenters. The van der Waals surface area contributed by atoms with Gasteiger partial charge in [0.1, 0.15) is 0 Å². The van der Waals surface area contributed by atoms with Crippen molar-refractivity contribution in [3.8, 4) is 0 Å². The molecule has 0 amide bonds. The van der Waals surface area contributed by atoms with E-state index in [0.29, 0.717) is 0 Å². The second kappa shape index (κ2) is 11.0. The lowest BCUT2D eigenvalue weighted by atomic mass is 9.73. The van der Waals surface area contributed by atoms with Gasteiger partial charge in [-0.05, 0) is 88.6 Å². The summed E-state index contributed by atoms with van der Waals surface area (Å²) in [5, 5.41) is 0.840. The van der Waals surface area contributed by atoms with Crippen LogP contribution in [0.1, 0.15) is 77.7 Å². The fraction of sp³-hybridized carbons (Fsp3) is 0.692. The molecule has 1 saturated carbocycles. The number of benzene rings is 1. The Morgan fingerprint density at radius 3 is 2.45 bits per heavy atom. The van der Waals surface area contributed by atoms with E-state index in [9.17, 15) is 0 Å². The molecule has 162 valence electrons. The lowest BCUT2D eigenvalue weighted by Gasteiger charge is -2.50. The molecule has 1 aliphatic heterocycles. The Kier molecular flexibility index (Phi) is 8.65. The minimum Gasteiger partial charge on any atom is -0.300 e. The maximum atomic E-state index is 6.24. The van der Waals surface area contributed by atoms with Gasteiger partial charge in [0.05, 0.1) is 0 Å². The van der Waals surface area contributed by atoms with Crippen LogP contribution in [-0.2, 0) is 5.54 Å². The van der Waals surface area contributed by atoms with Crippen molar-refractivity contribution in [2.75, 3.05) is 26.2 Å². The summed E-state index contributed by atoms with van der Waals surface area (Å²) in [5.74, 6) is 0.939. The van der Waals surface area contributed by atoms with Gasteiger partial charge in [-0.1, -0.05) is 56.2 Å². The molecule has 1 aliphatic carbocycles. The van der Waals surface area contributed by atoms with Gasteiger partial charge >= 0.3 is 0 Å². The summed E-state index contributed by atoms with van der Waals surface area (Å²) in [5.41, 5.74) is 1.61. The molecule has 3 heteroatoms. The third kappa shape index (κ3) is 5.46. The van der Waals surface area contributed by atoms with Crippen molar-refractivity contribution >= 4 is 11.6 Å². The number of likely N-dealkylation sites (tertiary alicyclic amines) is 1. The molecular weight excluding hydrogens is 376 g/mol. The Bertz CT molecular complexity index is 631. The third-order valence-electron chi connectivity index (χ3n) is 7.35. The molecule has 1 atom stereocenters. The van der Waals surface area contributed by atoms with Crippen molar-refractivity contribution < 1.29 is 0 Å². The predicted octanol–water partition coefficient (Wildman–Crippen LogP) is 6.89. The van der Waals surface area contributed by atoms with E-state index in [1.165, 1.54) is 70.0 Å². The molecule has 0 radical (unpaired) electrons. The Hall–Kier alpha value is -0.830. The van der Waals surface area contributed by atoms with E-state index >= 15 is 0 Å². The standard InChI is InChI=1S/C26H41ClN2/c1-4-7-19-29(18-6-3)26(23-9-11-24(27)12-10-23)16-13-25(14-17-26)28-20-15-22(21-28)8-5-2/h4,7,9-12,22,25H,5-6,8,13-21H2,1-3H3. The molecule has 1 heterocycles. The maximum Gasteiger partial charge on any atom is 0.0465 e. The first-order valence-electron chi connectivity index (χ1n) is 12.0. The SMILES string of the molecule is CC=CCN(CCC)C1(c2ccc(Cl)cc2)CCC(N2CCC(CCC)C2)CC1. The first kappa shape index (κ1) is 22.8. The molecule has 1 saturated heterocycles. The van der Waals surface area contributed by atoms with Crippen LogP contribution in [0.15, 0.2) is 36.4 Å². The van der Waals surface area contributed by atoms with Gasteiger partial charge in [0.2, 0.25) is 0 Å². The van der Waals surface area contributed by atoms with Crippen LogP contribution in [0.4, 0.5) is 0 Å². The van der Waals surface area contributed by atoms with Gasteiger partial charge in [0, 0.05) is 29.7 Å². The van der Waals surface area contributed by atoms with Crippen LogP contribution >= 0.6 is 11.6 Å².